The first-order chi connectivity index (χ1) is 7.49. The maximum atomic E-state index is 13.7. The summed E-state index contributed by atoms with van der Waals surface area (Å²) in [5.74, 6) is -1.40. The number of esters is 1. The third kappa shape index (κ3) is 2.52. The van der Waals surface area contributed by atoms with E-state index in [2.05, 4.69) is 15.9 Å². The van der Waals surface area contributed by atoms with Gasteiger partial charge in [0.25, 0.3) is 0 Å². The van der Waals surface area contributed by atoms with Gasteiger partial charge in [0.1, 0.15) is 5.56 Å². The molecule has 0 unspecified atom stereocenters. The molecule has 0 aromatic heterocycles. The van der Waals surface area contributed by atoms with E-state index in [1.807, 2.05) is 6.92 Å². The van der Waals surface area contributed by atoms with Crippen LogP contribution < -0.4 is 5.73 Å². The normalized spacial score (nSPS) is 10.2. The van der Waals surface area contributed by atoms with E-state index in [1.54, 1.807) is 6.92 Å². The van der Waals surface area contributed by atoms with Gasteiger partial charge in [-0.15, -0.1) is 0 Å². The molecule has 16 heavy (non-hydrogen) atoms. The summed E-state index contributed by atoms with van der Waals surface area (Å²) in [5.41, 5.74) is 6.23. The van der Waals surface area contributed by atoms with Gasteiger partial charge in [-0.2, -0.15) is 0 Å². The predicted octanol–water partition coefficient (Wildman–Crippen LogP) is 3.05. The average Bonchev–Trinajstić information content (AvgIpc) is 2.24. The number of hydrogen-bond acceptors (Lipinski definition) is 3. The minimum Gasteiger partial charge on any atom is -0.462 e. The van der Waals surface area contributed by atoms with E-state index < -0.39 is 11.8 Å². The molecule has 0 saturated heterocycles. The van der Waals surface area contributed by atoms with Crippen LogP contribution in [0.25, 0.3) is 0 Å². The Kier molecular flexibility index (Phi) is 4.29. The van der Waals surface area contributed by atoms with Crippen molar-refractivity contribution in [2.24, 2.45) is 0 Å². The molecule has 1 aromatic rings. The molecule has 0 amide bonds. The summed E-state index contributed by atoms with van der Waals surface area (Å²) in [7, 11) is 0. The number of rotatable bonds is 3. The molecular formula is C11H13BrFNO2. The van der Waals surface area contributed by atoms with Crippen LogP contribution >= 0.6 is 15.9 Å². The van der Waals surface area contributed by atoms with Gasteiger partial charge >= 0.3 is 5.97 Å². The van der Waals surface area contributed by atoms with Crippen LogP contribution in [0.1, 0.15) is 29.3 Å². The summed E-state index contributed by atoms with van der Waals surface area (Å²) < 4.78 is 18.8. The number of nitrogens with two attached hydrogens (primary N) is 1. The Hall–Kier alpha value is -1.10. The number of hydrogen-bond donors (Lipinski definition) is 1. The predicted molar refractivity (Wildman–Crippen MR) is 63.8 cm³/mol. The van der Waals surface area contributed by atoms with Gasteiger partial charge < -0.3 is 10.5 Å². The summed E-state index contributed by atoms with van der Waals surface area (Å²) in [6, 6.07) is 1.53. The molecule has 0 aliphatic heterocycles. The van der Waals surface area contributed by atoms with Crippen LogP contribution in [-0.4, -0.2) is 12.6 Å². The number of anilines is 1. The standard InChI is InChI=1S/C11H13BrFNO2/c1-3-4-16-11(15)8-9(13)7(12)5-6(2)10(8)14/h5H,3-4,14H2,1-2H3. The van der Waals surface area contributed by atoms with Gasteiger partial charge in [0.05, 0.1) is 16.8 Å². The largest absolute Gasteiger partial charge is 0.462 e. The van der Waals surface area contributed by atoms with E-state index in [4.69, 9.17) is 10.5 Å². The second-order valence-electron chi connectivity index (χ2n) is 3.41. The van der Waals surface area contributed by atoms with Crippen LogP contribution in [0.4, 0.5) is 10.1 Å². The van der Waals surface area contributed by atoms with Gasteiger partial charge in [0.2, 0.25) is 0 Å². The van der Waals surface area contributed by atoms with Gasteiger partial charge in [-0.1, -0.05) is 6.92 Å². The fraction of sp³-hybridized carbons (Fsp3) is 0.364. The lowest BCUT2D eigenvalue weighted by molar-refractivity contribution is 0.0501. The number of carbonyl (C=O) groups is 1. The molecule has 1 rings (SSSR count). The van der Waals surface area contributed by atoms with Crippen LogP contribution in [-0.2, 0) is 4.74 Å². The van der Waals surface area contributed by atoms with Crippen LogP contribution in [0.3, 0.4) is 0 Å². The third-order valence-electron chi connectivity index (χ3n) is 2.11. The Balaban J connectivity index is 3.16. The molecule has 2 N–H and O–H groups in total. The fourth-order valence-corrected chi connectivity index (χ4v) is 1.77. The molecule has 0 radical (unpaired) electrons. The van der Waals surface area contributed by atoms with Crippen molar-refractivity contribution < 1.29 is 13.9 Å². The number of benzene rings is 1. The molecule has 0 bridgehead atoms. The van der Waals surface area contributed by atoms with E-state index in [-0.39, 0.29) is 22.3 Å². The average molecular weight is 290 g/mol. The summed E-state index contributed by atoms with van der Waals surface area (Å²) in [5, 5.41) is 0. The zero-order valence-electron chi connectivity index (χ0n) is 9.14. The van der Waals surface area contributed by atoms with Crippen molar-refractivity contribution in [2.45, 2.75) is 20.3 Å². The molecule has 0 aliphatic carbocycles. The summed E-state index contributed by atoms with van der Waals surface area (Å²) >= 11 is 3.03. The van der Waals surface area contributed by atoms with Crippen LogP contribution in [0.15, 0.2) is 10.5 Å². The molecule has 0 fully saturated rings. The summed E-state index contributed by atoms with van der Waals surface area (Å²) in [6.45, 7) is 3.82. The van der Waals surface area contributed by atoms with Gasteiger partial charge in [-0.25, -0.2) is 9.18 Å². The molecule has 0 atom stereocenters. The molecule has 0 spiro atoms. The van der Waals surface area contributed by atoms with E-state index in [1.165, 1.54) is 6.07 Å². The maximum Gasteiger partial charge on any atom is 0.343 e. The van der Waals surface area contributed by atoms with E-state index in [0.29, 0.717) is 12.0 Å². The van der Waals surface area contributed by atoms with Crippen LogP contribution in [0, 0.1) is 12.7 Å². The zero-order valence-corrected chi connectivity index (χ0v) is 10.7. The first-order valence-electron chi connectivity index (χ1n) is 4.90. The Morgan fingerprint density at radius 1 is 1.62 bits per heavy atom. The lowest BCUT2D eigenvalue weighted by Gasteiger charge is -2.10. The molecule has 0 heterocycles. The van der Waals surface area contributed by atoms with Gasteiger partial charge in [-0.3, -0.25) is 0 Å². The highest BCUT2D eigenvalue weighted by Crippen LogP contribution is 2.28. The highest BCUT2D eigenvalue weighted by molar-refractivity contribution is 9.10. The Morgan fingerprint density at radius 3 is 2.81 bits per heavy atom. The Bertz CT molecular complexity index is 395. The molecule has 0 saturated carbocycles. The minimum absolute atomic E-state index is 0.127. The lowest BCUT2D eigenvalue weighted by Crippen LogP contribution is -2.12. The number of aryl methyl sites for hydroxylation is 1. The zero-order chi connectivity index (χ0) is 12.3. The van der Waals surface area contributed by atoms with Crippen molar-refractivity contribution in [3.8, 4) is 0 Å². The second-order valence-corrected chi connectivity index (χ2v) is 4.27. The van der Waals surface area contributed by atoms with Crippen molar-refractivity contribution >= 4 is 27.6 Å². The molecule has 0 aliphatic rings. The van der Waals surface area contributed by atoms with Crippen LogP contribution in [0.5, 0.6) is 0 Å². The Labute approximate surface area is 102 Å². The monoisotopic (exact) mass is 289 g/mol. The smallest absolute Gasteiger partial charge is 0.343 e. The van der Waals surface area contributed by atoms with Crippen molar-refractivity contribution in [1.29, 1.82) is 0 Å². The molecular weight excluding hydrogens is 277 g/mol. The summed E-state index contributed by atoms with van der Waals surface area (Å²) in [6.07, 6.45) is 0.681. The minimum atomic E-state index is -0.721. The molecule has 1 aromatic carbocycles. The first kappa shape index (κ1) is 13.0. The fourth-order valence-electron chi connectivity index (χ4n) is 1.23. The SMILES string of the molecule is CCCOC(=O)c1c(N)c(C)cc(Br)c1F. The van der Waals surface area contributed by atoms with Gasteiger partial charge in [0.15, 0.2) is 5.82 Å². The van der Waals surface area contributed by atoms with E-state index in [0.717, 1.165) is 0 Å². The highest BCUT2D eigenvalue weighted by atomic mass is 79.9. The third-order valence-corrected chi connectivity index (χ3v) is 2.69. The van der Waals surface area contributed by atoms with Crippen molar-refractivity contribution in [2.75, 3.05) is 12.3 Å². The molecule has 88 valence electrons. The van der Waals surface area contributed by atoms with Gasteiger partial charge in [-0.05, 0) is 40.9 Å². The van der Waals surface area contributed by atoms with Crippen molar-refractivity contribution in [1.82, 2.24) is 0 Å². The topological polar surface area (TPSA) is 52.3 Å². The quantitative estimate of drug-likeness (QED) is 0.687. The number of carbonyl (C=O) groups excluding carboxylic acids is 1. The highest BCUT2D eigenvalue weighted by Gasteiger charge is 2.21. The van der Waals surface area contributed by atoms with E-state index in [9.17, 15) is 9.18 Å². The van der Waals surface area contributed by atoms with Crippen LogP contribution in [0.2, 0.25) is 0 Å². The van der Waals surface area contributed by atoms with Crippen molar-refractivity contribution in [3.05, 3.63) is 27.5 Å². The first-order valence-corrected chi connectivity index (χ1v) is 5.69. The number of halogens is 2. The summed E-state index contributed by atoms with van der Waals surface area (Å²) in [4.78, 5) is 11.6. The van der Waals surface area contributed by atoms with E-state index >= 15 is 0 Å². The molecule has 5 heteroatoms. The lowest BCUT2D eigenvalue weighted by atomic mass is 10.1. The molecule has 3 nitrogen and oxygen atoms in total. The number of ether oxygens (including phenoxy) is 1. The Morgan fingerprint density at radius 2 is 2.25 bits per heavy atom. The second kappa shape index (κ2) is 5.30. The number of nitrogen functional groups attached to an aromatic ring is 1. The van der Waals surface area contributed by atoms with Gasteiger partial charge in [0, 0.05) is 0 Å². The maximum absolute atomic E-state index is 13.7. The van der Waals surface area contributed by atoms with Crippen molar-refractivity contribution in [3.63, 3.8) is 0 Å².